The summed E-state index contributed by atoms with van der Waals surface area (Å²) in [7, 11) is 0. The lowest BCUT2D eigenvalue weighted by Gasteiger charge is -2.03. The summed E-state index contributed by atoms with van der Waals surface area (Å²) in [4.78, 5) is 11.1. The van der Waals surface area contributed by atoms with Gasteiger partial charge in [0, 0.05) is 0 Å². The van der Waals surface area contributed by atoms with Crippen molar-refractivity contribution < 1.29 is 9.47 Å². The quantitative estimate of drug-likeness (QED) is 0.698. The summed E-state index contributed by atoms with van der Waals surface area (Å²) in [6.07, 6.45) is 9.99. The first kappa shape index (κ1) is 11.1. The fourth-order valence-electron chi connectivity index (χ4n) is 0.656. The van der Waals surface area contributed by atoms with Gasteiger partial charge >= 0.3 is 12.0 Å². The van der Waals surface area contributed by atoms with E-state index in [-0.39, 0.29) is 30.5 Å². The number of halogens is 1. The van der Waals surface area contributed by atoms with Gasteiger partial charge in [0.2, 0.25) is 5.28 Å². The van der Waals surface area contributed by atoms with Crippen molar-refractivity contribution in [2.24, 2.45) is 0 Å². The minimum absolute atomic E-state index is 0.0000265. The lowest BCUT2D eigenvalue weighted by molar-refractivity contribution is 0.303. The molecule has 0 atom stereocenters. The number of hydrogen-bond acceptors (Lipinski definition) is 5. The van der Waals surface area contributed by atoms with Crippen molar-refractivity contribution >= 4 is 11.6 Å². The van der Waals surface area contributed by atoms with Crippen molar-refractivity contribution in [3.05, 3.63) is 5.28 Å². The summed E-state index contributed by atoms with van der Waals surface area (Å²) in [6.45, 7) is 0.0733. The first-order chi connectivity index (χ1) is 7.26. The summed E-state index contributed by atoms with van der Waals surface area (Å²) in [5.41, 5.74) is 0. The molecule has 0 unspecified atom stereocenters. The fraction of sp³-hybridized carbons (Fsp3) is 0.222. The zero-order valence-electron chi connectivity index (χ0n) is 7.61. The third-order valence-corrected chi connectivity index (χ3v) is 1.31. The first-order valence-electron chi connectivity index (χ1n) is 3.80. The maximum absolute atomic E-state index is 5.58. The molecule has 1 rings (SSSR count). The van der Waals surface area contributed by atoms with Crippen molar-refractivity contribution in [2.75, 3.05) is 13.2 Å². The van der Waals surface area contributed by atoms with Crippen molar-refractivity contribution in [3.63, 3.8) is 0 Å². The SMILES string of the molecule is C#CCOc1nc(Cl)nc(OCC#C)n1. The van der Waals surface area contributed by atoms with Gasteiger partial charge < -0.3 is 9.47 Å². The van der Waals surface area contributed by atoms with Gasteiger partial charge in [0.05, 0.1) is 0 Å². The second-order valence-electron chi connectivity index (χ2n) is 2.16. The Morgan fingerprint density at radius 2 is 1.47 bits per heavy atom. The van der Waals surface area contributed by atoms with Crippen LogP contribution in [0.15, 0.2) is 0 Å². The van der Waals surface area contributed by atoms with Gasteiger partial charge in [0.25, 0.3) is 0 Å². The van der Waals surface area contributed by atoms with E-state index in [4.69, 9.17) is 33.9 Å². The zero-order valence-corrected chi connectivity index (χ0v) is 8.36. The van der Waals surface area contributed by atoms with Gasteiger partial charge in [-0.3, -0.25) is 0 Å². The van der Waals surface area contributed by atoms with Gasteiger partial charge in [-0.05, 0) is 11.6 Å². The Labute approximate surface area is 91.8 Å². The molecule has 0 aliphatic carbocycles. The van der Waals surface area contributed by atoms with Crippen molar-refractivity contribution in [2.45, 2.75) is 0 Å². The van der Waals surface area contributed by atoms with Crippen molar-refractivity contribution in [3.8, 4) is 36.7 Å². The molecule has 76 valence electrons. The molecule has 0 N–H and O–H groups in total. The van der Waals surface area contributed by atoms with Gasteiger partial charge in [-0.25, -0.2) is 0 Å². The molecule has 0 amide bonds. The summed E-state index contributed by atoms with van der Waals surface area (Å²) >= 11 is 5.58. The molecule has 0 saturated heterocycles. The highest BCUT2D eigenvalue weighted by Crippen LogP contribution is 2.12. The topological polar surface area (TPSA) is 57.1 Å². The van der Waals surface area contributed by atoms with Crippen LogP contribution in [0.5, 0.6) is 12.0 Å². The Bertz CT molecular complexity index is 386. The smallest absolute Gasteiger partial charge is 0.324 e. The molecule has 5 nitrogen and oxygen atoms in total. The van der Waals surface area contributed by atoms with Gasteiger partial charge in [-0.15, -0.1) is 17.8 Å². The van der Waals surface area contributed by atoms with Crippen LogP contribution in [0.25, 0.3) is 0 Å². The highest BCUT2D eigenvalue weighted by Gasteiger charge is 2.06. The van der Waals surface area contributed by atoms with Crippen LogP contribution in [0, 0.1) is 24.7 Å². The predicted molar refractivity (Wildman–Crippen MR) is 53.5 cm³/mol. The second kappa shape index (κ2) is 5.69. The average molecular weight is 224 g/mol. The molecule has 1 aromatic heterocycles. The van der Waals surface area contributed by atoms with E-state index < -0.39 is 0 Å². The monoisotopic (exact) mass is 223 g/mol. The summed E-state index contributed by atoms with van der Waals surface area (Å²) < 4.78 is 9.88. The molecule has 0 saturated carbocycles. The summed E-state index contributed by atoms with van der Waals surface area (Å²) in [5, 5.41) is -0.0518. The van der Waals surface area contributed by atoms with E-state index in [1.165, 1.54) is 0 Å². The molecule has 0 radical (unpaired) electrons. The van der Waals surface area contributed by atoms with E-state index in [0.29, 0.717) is 0 Å². The Hall–Kier alpha value is -1.98. The van der Waals surface area contributed by atoms with Crippen LogP contribution >= 0.6 is 11.6 Å². The molecule has 6 heteroatoms. The molecule has 0 aromatic carbocycles. The largest absolute Gasteiger partial charge is 0.450 e. The van der Waals surface area contributed by atoms with Gasteiger partial charge in [-0.1, -0.05) is 11.8 Å². The highest BCUT2D eigenvalue weighted by molar-refractivity contribution is 6.28. The van der Waals surface area contributed by atoms with Crippen molar-refractivity contribution in [1.82, 2.24) is 15.0 Å². The Kier molecular flexibility index (Phi) is 4.21. The molecular weight excluding hydrogens is 218 g/mol. The Balaban J connectivity index is 2.77. The van der Waals surface area contributed by atoms with E-state index in [9.17, 15) is 0 Å². The summed E-state index contributed by atoms with van der Waals surface area (Å²) in [5.74, 6) is 4.52. The molecule has 1 aromatic rings. The lowest BCUT2D eigenvalue weighted by atomic mass is 10.7. The van der Waals surface area contributed by atoms with Crippen LogP contribution in [-0.2, 0) is 0 Å². The molecule has 0 aliphatic heterocycles. The average Bonchev–Trinajstić information content (AvgIpc) is 2.23. The zero-order chi connectivity index (χ0) is 11.1. The van der Waals surface area contributed by atoms with Gasteiger partial charge in [-0.2, -0.15) is 9.97 Å². The van der Waals surface area contributed by atoms with Crippen LogP contribution < -0.4 is 9.47 Å². The number of aromatic nitrogens is 3. The standard InChI is InChI=1S/C9H6ClN3O2/c1-3-5-14-8-11-7(10)12-9(13-8)15-6-4-2/h1-2H,5-6H2. The van der Waals surface area contributed by atoms with E-state index in [1.807, 2.05) is 0 Å². The number of ether oxygens (including phenoxy) is 2. The minimum atomic E-state index is -0.0518. The van der Waals surface area contributed by atoms with Crippen LogP contribution in [0.4, 0.5) is 0 Å². The molecule has 1 heterocycles. The molecule has 15 heavy (non-hydrogen) atoms. The van der Waals surface area contributed by atoms with E-state index in [0.717, 1.165) is 0 Å². The van der Waals surface area contributed by atoms with Crippen LogP contribution in [0.1, 0.15) is 0 Å². The molecule has 0 fully saturated rings. The molecule has 0 bridgehead atoms. The normalized spacial score (nSPS) is 8.73. The third-order valence-electron chi connectivity index (χ3n) is 1.14. The summed E-state index contributed by atoms with van der Waals surface area (Å²) in [6, 6.07) is -0.0000529. The van der Waals surface area contributed by atoms with Crippen LogP contribution in [0.2, 0.25) is 5.28 Å². The Morgan fingerprint density at radius 1 is 1.00 bits per heavy atom. The minimum Gasteiger partial charge on any atom is -0.450 e. The number of terminal acetylenes is 2. The number of rotatable bonds is 4. The third kappa shape index (κ3) is 3.72. The predicted octanol–water partition coefficient (Wildman–Crippen LogP) is 0.549. The molecule has 0 spiro atoms. The second-order valence-corrected chi connectivity index (χ2v) is 2.49. The lowest BCUT2D eigenvalue weighted by Crippen LogP contribution is -2.04. The Morgan fingerprint density at radius 3 is 1.87 bits per heavy atom. The van der Waals surface area contributed by atoms with E-state index in [1.54, 1.807) is 0 Å². The first-order valence-corrected chi connectivity index (χ1v) is 4.18. The van der Waals surface area contributed by atoms with E-state index >= 15 is 0 Å². The highest BCUT2D eigenvalue weighted by atomic mass is 35.5. The number of nitrogens with zero attached hydrogens (tertiary/aromatic N) is 3. The molecule has 0 aliphatic rings. The van der Waals surface area contributed by atoms with Gasteiger partial charge in [0.1, 0.15) is 0 Å². The number of hydrogen-bond donors (Lipinski definition) is 0. The fourth-order valence-corrected chi connectivity index (χ4v) is 0.801. The maximum atomic E-state index is 5.58. The maximum Gasteiger partial charge on any atom is 0.324 e. The van der Waals surface area contributed by atoms with Crippen LogP contribution in [0.3, 0.4) is 0 Å². The van der Waals surface area contributed by atoms with Crippen molar-refractivity contribution in [1.29, 1.82) is 0 Å². The van der Waals surface area contributed by atoms with Crippen LogP contribution in [-0.4, -0.2) is 28.2 Å². The van der Waals surface area contributed by atoms with E-state index in [2.05, 4.69) is 26.8 Å². The van der Waals surface area contributed by atoms with Gasteiger partial charge in [0.15, 0.2) is 13.2 Å². The molecular formula is C9H6ClN3O2.